The van der Waals surface area contributed by atoms with Crippen LogP contribution in [0, 0.1) is 5.92 Å². The summed E-state index contributed by atoms with van der Waals surface area (Å²) in [5.74, 6) is 1.49. The normalized spacial score (nSPS) is 19.6. The Kier molecular flexibility index (Phi) is 4.40. The second-order valence-corrected chi connectivity index (χ2v) is 6.47. The van der Waals surface area contributed by atoms with Gasteiger partial charge < -0.3 is 0 Å². The number of hydrogen-bond acceptors (Lipinski definition) is 3. The van der Waals surface area contributed by atoms with Gasteiger partial charge in [-0.2, -0.15) is 0 Å². The number of rotatable bonds is 3. The molecule has 1 aliphatic rings. The van der Waals surface area contributed by atoms with E-state index in [0.717, 1.165) is 15.6 Å². The zero-order valence-electron chi connectivity index (χ0n) is 10.6. The van der Waals surface area contributed by atoms with Crippen LogP contribution in [0.5, 0.6) is 0 Å². The first-order valence-corrected chi connectivity index (χ1v) is 7.51. The third-order valence-electron chi connectivity index (χ3n) is 3.14. The van der Waals surface area contributed by atoms with Crippen molar-refractivity contribution in [3.8, 4) is 0 Å². The van der Waals surface area contributed by atoms with Crippen LogP contribution in [-0.2, 0) is 11.2 Å². The van der Waals surface area contributed by atoms with E-state index in [1.165, 1.54) is 0 Å². The highest BCUT2D eigenvalue weighted by Crippen LogP contribution is 2.29. The van der Waals surface area contributed by atoms with Crippen LogP contribution in [0.3, 0.4) is 0 Å². The molecule has 1 amide bonds. The molecule has 0 aliphatic carbocycles. The number of thioether (sulfide) groups is 1. The monoisotopic (exact) mass is 279 g/mol. The van der Waals surface area contributed by atoms with Gasteiger partial charge in [-0.3, -0.25) is 9.69 Å². The van der Waals surface area contributed by atoms with Gasteiger partial charge in [-0.15, -0.1) is 0 Å². The Bertz CT molecular complexity index is 444. The topological polar surface area (TPSA) is 20.3 Å². The van der Waals surface area contributed by atoms with Crippen molar-refractivity contribution in [2.45, 2.75) is 26.3 Å². The summed E-state index contributed by atoms with van der Waals surface area (Å²) >= 11 is 6.91. The fourth-order valence-electron chi connectivity index (χ4n) is 2.07. The van der Waals surface area contributed by atoms with Crippen molar-refractivity contribution in [3.05, 3.63) is 35.9 Å². The quantitative estimate of drug-likeness (QED) is 0.793. The van der Waals surface area contributed by atoms with Crippen molar-refractivity contribution in [2.75, 3.05) is 5.75 Å². The molecule has 1 saturated heterocycles. The highest BCUT2D eigenvalue weighted by Gasteiger charge is 2.35. The molecule has 1 fully saturated rings. The molecule has 2 nitrogen and oxygen atoms in total. The molecule has 1 aromatic carbocycles. The Balaban J connectivity index is 2.10. The SMILES string of the molecule is CC(C)[C@H]1CSC(=S)N1C(=O)Cc1ccccc1. The summed E-state index contributed by atoms with van der Waals surface area (Å²) in [5.41, 5.74) is 1.05. The highest BCUT2D eigenvalue weighted by atomic mass is 32.2. The van der Waals surface area contributed by atoms with Crippen molar-refractivity contribution >= 4 is 34.2 Å². The number of carbonyl (C=O) groups excluding carboxylic acids is 1. The summed E-state index contributed by atoms with van der Waals surface area (Å²) < 4.78 is 0.731. The molecule has 1 atom stereocenters. The van der Waals surface area contributed by atoms with E-state index < -0.39 is 0 Å². The van der Waals surface area contributed by atoms with E-state index in [2.05, 4.69) is 13.8 Å². The number of carbonyl (C=O) groups is 1. The van der Waals surface area contributed by atoms with Crippen molar-refractivity contribution < 1.29 is 4.79 Å². The minimum Gasteiger partial charge on any atom is -0.293 e. The van der Waals surface area contributed by atoms with Crippen molar-refractivity contribution in [2.24, 2.45) is 5.92 Å². The van der Waals surface area contributed by atoms with Crippen LogP contribution in [0.15, 0.2) is 30.3 Å². The summed E-state index contributed by atoms with van der Waals surface area (Å²) in [5, 5.41) is 0. The maximum absolute atomic E-state index is 12.4. The first-order valence-electron chi connectivity index (χ1n) is 6.12. The molecule has 2 rings (SSSR count). The molecule has 1 heterocycles. The number of hydrogen-bond donors (Lipinski definition) is 0. The molecule has 0 unspecified atom stereocenters. The van der Waals surface area contributed by atoms with Gasteiger partial charge >= 0.3 is 0 Å². The summed E-state index contributed by atoms with van der Waals surface area (Å²) in [6, 6.07) is 10.1. The Hall–Kier alpha value is -0.870. The summed E-state index contributed by atoms with van der Waals surface area (Å²) in [6.07, 6.45) is 0.435. The Morgan fingerprint density at radius 3 is 2.72 bits per heavy atom. The predicted molar refractivity (Wildman–Crippen MR) is 80.7 cm³/mol. The lowest BCUT2D eigenvalue weighted by Gasteiger charge is -2.26. The van der Waals surface area contributed by atoms with Gasteiger partial charge in [-0.05, 0) is 11.5 Å². The van der Waals surface area contributed by atoms with Crippen LogP contribution in [0.2, 0.25) is 0 Å². The fourth-order valence-corrected chi connectivity index (χ4v) is 3.73. The first-order chi connectivity index (χ1) is 8.59. The average molecular weight is 279 g/mol. The third kappa shape index (κ3) is 2.93. The highest BCUT2D eigenvalue weighted by molar-refractivity contribution is 8.23. The molecule has 0 spiro atoms. The smallest absolute Gasteiger partial charge is 0.232 e. The van der Waals surface area contributed by atoms with E-state index in [1.54, 1.807) is 11.8 Å². The zero-order chi connectivity index (χ0) is 13.1. The zero-order valence-corrected chi connectivity index (χ0v) is 12.3. The van der Waals surface area contributed by atoms with Gasteiger partial charge in [0.1, 0.15) is 4.32 Å². The van der Waals surface area contributed by atoms with Gasteiger partial charge in [-0.1, -0.05) is 68.2 Å². The van der Waals surface area contributed by atoms with Gasteiger partial charge in [0.15, 0.2) is 0 Å². The molecule has 96 valence electrons. The average Bonchev–Trinajstić information content (AvgIpc) is 2.72. The van der Waals surface area contributed by atoms with E-state index in [4.69, 9.17) is 12.2 Å². The van der Waals surface area contributed by atoms with Crippen LogP contribution in [0.1, 0.15) is 19.4 Å². The number of amides is 1. The second-order valence-electron chi connectivity index (χ2n) is 4.81. The van der Waals surface area contributed by atoms with Crippen LogP contribution < -0.4 is 0 Å². The minimum atomic E-state index is 0.120. The lowest BCUT2D eigenvalue weighted by Crippen LogP contribution is -2.42. The van der Waals surface area contributed by atoms with Gasteiger partial charge in [0.25, 0.3) is 0 Å². The second kappa shape index (κ2) is 5.85. The lowest BCUT2D eigenvalue weighted by molar-refractivity contribution is -0.128. The van der Waals surface area contributed by atoms with Gasteiger partial charge in [-0.25, -0.2) is 0 Å². The molecule has 1 aliphatic heterocycles. The third-order valence-corrected chi connectivity index (χ3v) is 4.64. The first kappa shape index (κ1) is 13.6. The molecule has 4 heteroatoms. The van der Waals surface area contributed by atoms with E-state index in [9.17, 15) is 4.79 Å². The maximum Gasteiger partial charge on any atom is 0.232 e. The molecule has 0 saturated carbocycles. The molecular formula is C14H17NOS2. The Morgan fingerprint density at radius 1 is 1.44 bits per heavy atom. The van der Waals surface area contributed by atoms with E-state index in [1.807, 2.05) is 35.2 Å². The lowest BCUT2D eigenvalue weighted by atomic mass is 10.0. The summed E-state index contributed by atoms with van der Waals surface area (Å²) in [4.78, 5) is 14.2. The van der Waals surface area contributed by atoms with Gasteiger partial charge in [0.05, 0.1) is 6.42 Å². The van der Waals surface area contributed by atoms with E-state index in [0.29, 0.717) is 12.3 Å². The van der Waals surface area contributed by atoms with Gasteiger partial charge in [0, 0.05) is 11.8 Å². The van der Waals surface area contributed by atoms with Crippen LogP contribution in [0.25, 0.3) is 0 Å². The minimum absolute atomic E-state index is 0.120. The van der Waals surface area contributed by atoms with Crippen LogP contribution in [0.4, 0.5) is 0 Å². The Morgan fingerprint density at radius 2 is 2.11 bits per heavy atom. The van der Waals surface area contributed by atoms with Gasteiger partial charge in [0.2, 0.25) is 5.91 Å². The standard InChI is InChI=1S/C14H17NOS2/c1-10(2)12-9-18-14(17)15(12)13(16)8-11-6-4-3-5-7-11/h3-7,10,12H,8-9H2,1-2H3/t12-/m1/s1. The molecule has 0 N–H and O–H groups in total. The molecule has 0 bridgehead atoms. The van der Waals surface area contributed by atoms with E-state index >= 15 is 0 Å². The van der Waals surface area contributed by atoms with Crippen molar-refractivity contribution in [1.82, 2.24) is 4.90 Å². The van der Waals surface area contributed by atoms with E-state index in [-0.39, 0.29) is 11.9 Å². The number of benzene rings is 1. The van der Waals surface area contributed by atoms with Crippen LogP contribution in [-0.4, -0.2) is 26.9 Å². The maximum atomic E-state index is 12.4. The number of thiocarbonyl (C=S) groups is 1. The molecule has 1 aromatic rings. The van der Waals surface area contributed by atoms with Crippen molar-refractivity contribution in [3.63, 3.8) is 0 Å². The summed E-state index contributed by atoms with van der Waals surface area (Å²) in [7, 11) is 0. The van der Waals surface area contributed by atoms with Crippen molar-refractivity contribution in [1.29, 1.82) is 0 Å². The fraction of sp³-hybridized carbons (Fsp3) is 0.429. The predicted octanol–water partition coefficient (Wildman–Crippen LogP) is 3.11. The molecule has 18 heavy (non-hydrogen) atoms. The molecule has 0 radical (unpaired) electrons. The summed E-state index contributed by atoms with van der Waals surface area (Å²) in [6.45, 7) is 4.28. The number of nitrogens with zero attached hydrogens (tertiary/aromatic N) is 1. The Labute approximate surface area is 118 Å². The largest absolute Gasteiger partial charge is 0.293 e. The molecular weight excluding hydrogens is 262 g/mol. The van der Waals surface area contributed by atoms with Crippen LogP contribution >= 0.6 is 24.0 Å². The molecule has 0 aromatic heterocycles.